The van der Waals surface area contributed by atoms with Gasteiger partial charge in [-0.1, -0.05) is 84.3 Å². The molecule has 44 heavy (non-hydrogen) atoms. The van der Waals surface area contributed by atoms with Gasteiger partial charge in [-0.15, -0.1) is 0 Å². The number of hydrogen-bond acceptors (Lipinski definition) is 6. The number of carbonyl (C=O) groups excluding carboxylic acids is 3. The van der Waals surface area contributed by atoms with Crippen molar-refractivity contribution in [3.63, 3.8) is 0 Å². The molecule has 2 unspecified atom stereocenters. The van der Waals surface area contributed by atoms with E-state index in [1.54, 1.807) is 34.6 Å². The molecule has 0 aromatic rings. The van der Waals surface area contributed by atoms with Gasteiger partial charge in [-0.3, -0.25) is 19.2 Å². The zero-order chi connectivity index (χ0) is 33.4. The summed E-state index contributed by atoms with van der Waals surface area (Å²) in [5.74, 6) is -3.10. The number of carboxylic acid groups (broad SMARTS) is 1. The Bertz CT molecular complexity index is 849. The van der Waals surface area contributed by atoms with Gasteiger partial charge in [-0.05, 0) is 65.7 Å². The molecular weight excluding hydrogens is 560 g/mol. The fourth-order valence-electron chi connectivity index (χ4n) is 4.56. The van der Waals surface area contributed by atoms with Crippen molar-refractivity contribution in [1.29, 1.82) is 0 Å². The molecule has 9 heteroatoms. The van der Waals surface area contributed by atoms with Crippen LogP contribution in [0.1, 0.15) is 144 Å². The molecule has 256 valence electrons. The molecule has 0 fully saturated rings. The van der Waals surface area contributed by atoms with Crippen molar-refractivity contribution in [2.45, 2.75) is 150 Å². The maximum atomic E-state index is 12.5. The Morgan fingerprint density at radius 3 is 1.86 bits per heavy atom. The van der Waals surface area contributed by atoms with Crippen molar-refractivity contribution in [3.05, 3.63) is 12.2 Å². The zero-order valence-corrected chi connectivity index (χ0v) is 28.7. The number of carboxylic acids is 1. The minimum atomic E-state index is -1.49. The van der Waals surface area contributed by atoms with Crippen LogP contribution in [-0.2, 0) is 23.9 Å². The zero-order valence-electron chi connectivity index (χ0n) is 28.7. The smallest absolute Gasteiger partial charge is 0.311 e. The topological polar surface area (TPSA) is 142 Å². The molecule has 0 bridgehead atoms. The van der Waals surface area contributed by atoms with Crippen molar-refractivity contribution >= 4 is 23.8 Å². The number of allylic oxidation sites excluding steroid dienone is 2. The van der Waals surface area contributed by atoms with Crippen LogP contribution in [0.4, 0.5) is 0 Å². The van der Waals surface area contributed by atoms with Crippen LogP contribution in [0, 0.1) is 16.7 Å². The molecule has 2 atom stereocenters. The first-order valence-electron chi connectivity index (χ1n) is 17.0. The Morgan fingerprint density at radius 2 is 1.32 bits per heavy atom. The highest BCUT2D eigenvalue weighted by Crippen LogP contribution is 2.24. The standard InChI is InChI=1S/C35H64N2O7/c1-7-8-9-10-11-12-13-14-15-16-17-18-19-20-21-24-29(38)36-25-22-23-28(32(41)42)26-37-31(40)30(39)35(5,6)27-44-33(43)34(2,3)4/h14-15,28,30,39H,7-13,16-27H2,1-6H3,(H,36,38)(H,37,40)(H,41,42). The summed E-state index contributed by atoms with van der Waals surface area (Å²) in [4.78, 5) is 48.4. The Morgan fingerprint density at radius 1 is 0.773 bits per heavy atom. The second-order valence-corrected chi connectivity index (χ2v) is 13.8. The molecule has 0 rings (SSSR count). The first-order chi connectivity index (χ1) is 20.7. The van der Waals surface area contributed by atoms with E-state index >= 15 is 0 Å². The summed E-state index contributed by atoms with van der Waals surface area (Å²) < 4.78 is 5.26. The number of unbranched alkanes of at least 4 members (excludes halogenated alkanes) is 11. The summed E-state index contributed by atoms with van der Waals surface area (Å²) in [7, 11) is 0. The third-order valence-electron chi connectivity index (χ3n) is 7.77. The van der Waals surface area contributed by atoms with E-state index in [4.69, 9.17) is 4.74 Å². The Hall–Kier alpha value is -2.42. The summed E-state index contributed by atoms with van der Waals surface area (Å²) in [6.07, 6.45) is 20.0. The normalized spacial score (nSPS) is 13.4. The number of amides is 2. The molecule has 0 saturated carbocycles. The predicted molar refractivity (Wildman–Crippen MR) is 176 cm³/mol. The van der Waals surface area contributed by atoms with Gasteiger partial charge in [0.05, 0.1) is 17.9 Å². The Labute approximate surface area is 267 Å². The number of carbonyl (C=O) groups is 4. The van der Waals surface area contributed by atoms with Crippen LogP contribution in [0.3, 0.4) is 0 Å². The van der Waals surface area contributed by atoms with E-state index in [-0.39, 0.29) is 25.5 Å². The lowest BCUT2D eigenvalue weighted by Crippen LogP contribution is -2.48. The molecular formula is C35H64N2O7. The van der Waals surface area contributed by atoms with Gasteiger partial charge < -0.3 is 25.6 Å². The van der Waals surface area contributed by atoms with E-state index in [0.29, 0.717) is 19.4 Å². The molecule has 0 aromatic carbocycles. The lowest BCUT2D eigenvalue weighted by atomic mass is 9.86. The fourth-order valence-corrected chi connectivity index (χ4v) is 4.56. The minimum Gasteiger partial charge on any atom is -0.481 e. The number of aliphatic hydroxyl groups is 1. The molecule has 0 spiro atoms. The van der Waals surface area contributed by atoms with Gasteiger partial charge in [-0.2, -0.15) is 0 Å². The SMILES string of the molecule is CCCCCCCCC=CCCCCCCCC(=O)NCCCC(CNC(=O)C(O)C(C)(C)COC(=O)C(C)(C)C)C(=O)O. The maximum Gasteiger partial charge on any atom is 0.311 e. The van der Waals surface area contributed by atoms with E-state index in [1.165, 1.54) is 57.8 Å². The lowest BCUT2D eigenvalue weighted by molar-refractivity contribution is -0.161. The summed E-state index contributed by atoms with van der Waals surface area (Å²) in [6.45, 7) is 10.6. The Kier molecular flexibility index (Phi) is 22.6. The number of esters is 1. The second kappa shape index (κ2) is 23.9. The third kappa shape index (κ3) is 21.3. The third-order valence-corrected chi connectivity index (χ3v) is 7.77. The van der Waals surface area contributed by atoms with Crippen molar-refractivity contribution in [1.82, 2.24) is 10.6 Å². The van der Waals surface area contributed by atoms with Crippen LogP contribution in [0.2, 0.25) is 0 Å². The summed E-state index contributed by atoms with van der Waals surface area (Å²) >= 11 is 0. The van der Waals surface area contributed by atoms with Gasteiger partial charge in [-0.25, -0.2) is 0 Å². The predicted octanol–water partition coefficient (Wildman–Crippen LogP) is 6.71. The van der Waals surface area contributed by atoms with Gasteiger partial charge in [0.1, 0.15) is 6.10 Å². The monoisotopic (exact) mass is 624 g/mol. The molecule has 2 amide bonds. The van der Waals surface area contributed by atoms with Crippen molar-refractivity contribution in [3.8, 4) is 0 Å². The molecule has 0 aliphatic heterocycles. The highest BCUT2D eigenvalue weighted by atomic mass is 16.5. The molecule has 0 aliphatic carbocycles. The molecule has 4 N–H and O–H groups in total. The van der Waals surface area contributed by atoms with Crippen LogP contribution in [0.25, 0.3) is 0 Å². The van der Waals surface area contributed by atoms with Crippen LogP contribution in [0.15, 0.2) is 12.2 Å². The maximum absolute atomic E-state index is 12.5. The lowest BCUT2D eigenvalue weighted by Gasteiger charge is -2.30. The van der Waals surface area contributed by atoms with Crippen LogP contribution >= 0.6 is 0 Å². The van der Waals surface area contributed by atoms with Gasteiger partial charge >= 0.3 is 11.9 Å². The molecule has 0 radical (unpaired) electrons. The van der Waals surface area contributed by atoms with Crippen molar-refractivity contribution in [2.24, 2.45) is 16.7 Å². The molecule has 0 saturated heterocycles. The van der Waals surface area contributed by atoms with E-state index in [0.717, 1.165) is 25.7 Å². The molecule has 0 heterocycles. The molecule has 0 aromatic heterocycles. The molecule has 9 nitrogen and oxygen atoms in total. The van der Waals surface area contributed by atoms with Gasteiger partial charge in [0.2, 0.25) is 11.8 Å². The summed E-state index contributed by atoms with van der Waals surface area (Å²) in [6, 6.07) is 0. The summed E-state index contributed by atoms with van der Waals surface area (Å²) in [5, 5.41) is 25.4. The second-order valence-electron chi connectivity index (χ2n) is 13.8. The largest absolute Gasteiger partial charge is 0.481 e. The fraction of sp³-hybridized carbons (Fsp3) is 0.829. The first-order valence-corrected chi connectivity index (χ1v) is 17.0. The van der Waals surface area contributed by atoms with Gasteiger partial charge in [0, 0.05) is 24.9 Å². The van der Waals surface area contributed by atoms with E-state index < -0.39 is 40.7 Å². The first kappa shape index (κ1) is 41.6. The van der Waals surface area contributed by atoms with E-state index in [9.17, 15) is 29.4 Å². The van der Waals surface area contributed by atoms with Crippen LogP contribution in [-0.4, -0.2) is 59.8 Å². The number of nitrogens with one attached hydrogen (secondary N) is 2. The van der Waals surface area contributed by atoms with Gasteiger partial charge in [0.15, 0.2) is 0 Å². The van der Waals surface area contributed by atoms with Gasteiger partial charge in [0.25, 0.3) is 0 Å². The average molecular weight is 625 g/mol. The Balaban J connectivity index is 4.04. The van der Waals surface area contributed by atoms with E-state index in [1.807, 2.05) is 0 Å². The van der Waals surface area contributed by atoms with Crippen molar-refractivity contribution in [2.75, 3.05) is 19.7 Å². The number of ether oxygens (including phenoxy) is 1. The van der Waals surface area contributed by atoms with Crippen molar-refractivity contribution < 1.29 is 34.1 Å². The molecule has 0 aliphatic rings. The van der Waals surface area contributed by atoms with Crippen LogP contribution < -0.4 is 10.6 Å². The summed E-state index contributed by atoms with van der Waals surface area (Å²) in [5.41, 5.74) is -1.76. The highest BCUT2D eigenvalue weighted by molar-refractivity contribution is 5.82. The average Bonchev–Trinajstić information content (AvgIpc) is 2.96. The number of rotatable bonds is 26. The highest BCUT2D eigenvalue weighted by Gasteiger charge is 2.36. The van der Waals surface area contributed by atoms with Crippen LogP contribution in [0.5, 0.6) is 0 Å². The number of hydrogen-bond donors (Lipinski definition) is 4. The quantitative estimate of drug-likeness (QED) is 0.0476. The number of aliphatic hydroxyl groups excluding tert-OH is 1. The minimum absolute atomic E-state index is 0.0275. The number of aliphatic carboxylic acids is 1. The van der Waals surface area contributed by atoms with E-state index in [2.05, 4.69) is 29.7 Å².